The van der Waals surface area contributed by atoms with Gasteiger partial charge in [0.25, 0.3) is 0 Å². The average molecular weight is 523 g/mol. The Kier molecular flexibility index (Phi) is 8.16. The molecule has 0 aromatic heterocycles. The van der Waals surface area contributed by atoms with Crippen molar-refractivity contribution in [3.63, 3.8) is 0 Å². The number of amides is 1. The molecule has 0 aliphatic heterocycles. The Morgan fingerprint density at radius 2 is 1.65 bits per heavy atom. The number of methoxy groups -OCH3 is 2. The van der Waals surface area contributed by atoms with Gasteiger partial charge in [0, 0.05) is 0 Å². The molecule has 0 bridgehead atoms. The molecule has 1 N–H and O–H groups in total. The van der Waals surface area contributed by atoms with Gasteiger partial charge in [-0.15, -0.1) is 0 Å². The summed E-state index contributed by atoms with van der Waals surface area (Å²) in [6, 6.07) is 5.51. The van der Waals surface area contributed by atoms with Crippen LogP contribution >= 0.6 is 11.6 Å². The van der Waals surface area contributed by atoms with Crippen LogP contribution in [0.5, 0.6) is 0 Å². The van der Waals surface area contributed by atoms with Gasteiger partial charge in [-0.05, 0) is 36.4 Å². The maximum absolute atomic E-state index is 13.1. The fourth-order valence-electron chi connectivity index (χ4n) is 2.76. The number of carbonyl (C=O) groups excluding carboxylic acids is 3. The van der Waals surface area contributed by atoms with E-state index in [1.807, 2.05) is 0 Å². The van der Waals surface area contributed by atoms with Crippen molar-refractivity contribution in [2.75, 3.05) is 36.6 Å². The summed E-state index contributed by atoms with van der Waals surface area (Å²) in [5.41, 5.74) is -2.20. The molecule has 0 fully saturated rings. The minimum Gasteiger partial charge on any atom is -0.465 e. The normalized spacial score (nSPS) is 11.5. The molecule has 0 saturated carbocycles. The van der Waals surface area contributed by atoms with E-state index in [2.05, 4.69) is 14.8 Å². The predicted octanol–water partition coefficient (Wildman–Crippen LogP) is 3.34. The van der Waals surface area contributed by atoms with E-state index in [9.17, 15) is 36.0 Å². The summed E-state index contributed by atoms with van der Waals surface area (Å²) in [5, 5.41) is 1.91. The van der Waals surface area contributed by atoms with Crippen LogP contribution in [0.3, 0.4) is 0 Å². The van der Waals surface area contributed by atoms with Crippen LogP contribution in [0, 0.1) is 0 Å². The molecule has 184 valence electrons. The second-order valence-electron chi connectivity index (χ2n) is 6.73. The molecule has 34 heavy (non-hydrogen) atoms. The quantitative estimate of drug-likeness (QED) is 0.554. The van der Waals surface area contributed by atoms with Crippen molar-refractivity contribution in [2.45, 2.75) is 6.18 Å². The summed E-state index contributed by atoms with van der Waals surface area (Å²) < 4.78 is 73.6. The number of esters is 2. The number of benzene rings is 2. The van der Waals surface area contributed by atoms with Crippen LogP contribution in [0.1, 0.15) is 26.3 Å². The minimum atomic E-state index is -4.80. The van der Waals surface area contributed by atoms with Gasteiger partial charge in [0.15, 0.2) is 0 Å². The Hall–Kier alpha value is -3.32. The smallest absolute Gasteiger partial charge is 0.416 e. The molecule has 0 spiro atoms. The highest BCUT2D eigenvalue weighted by atomic mass is 35.5. The van der Waals surface area contributed by atoms with Crippen LogP contribution in [0.4, 0.5) is 24.5 Å². The van der Waals surface area contributed by atoms with Crippen LogP contribution < -0.4 is 9.62 Å². The third-order valence-electron chi connectivity index (χ3n) is 4.35. The molecule has 0 saturated heterocycles. The first-order valence-corrected chi connectivity index (χ1v) is 11.4. The molecular weight excluding hydrogens is 505 g/mol. The number of carbonyl (C=O) groups is 3. The molecule has 0 heterocycles. The van der Waals surface area contributed by atoms with Crippen molar-refractivity contribution in [1.29, 1.82) is 0 Å². The summed E-state index contributed by atoms with van der Waals surface area (Å²) in [6.45, 7) is -0.997. The average Bonchev–Trinajstić information content (AvgIpc) is 2.75. The number of nitrogens with zero attached hydrogens (tertiary/aromatic N) is 1. The van der Waals surface area contributed by atoms with E-state index in [1.54, 1.807) is 0 Å². The number of rotatable bonds is 7. The van der Waals surface area contributed by atoms with E-state index >= 15 is 0 Å². The minimum absolute atomic E-state index is 0.0497. The first-order valence-electron chi connectivity index (χ1n) is 9.14. The van der Waals surface area contributed by atoms with Gasteiger partial charge in [0.05, 0.1) is 53.6 Å². The van der Waals surface area contributed by atoms with Crippen molar-refractivity contribution in [1.82, 2.24) is 0 Å². The largest absolute Gasteiger partial charge is 0.465 e. The van der Waals surface area contributed by atoms with Gasteiger partial charge in [-0.2, -0.15) is 13.2 Å². The molecule has 2 aromatic carbocycles. The Balaban J connectivity index is 2.47. The van der Waals surface area contributed by atoms with Crippen molar-refractivity contribution >= 4 is 50.8 Å². The second kappa shape index (κ2) is 10.3. The highest BCUT2D eigenvalue weighted by molar-refractivity contribution is 7.92. The van der Waals surface area contributed by atoms with Crippen LogP contribution in [0.15, 0.2) is 36.4 Å². The lowest BCUT2D eigenvalue weighted by Crippen LogP contribution is -2.38. The standard InChI is InChI=1S/C20H18ClF3N2O7S/c1-32-18(28)11-4-6-13(19(29)33-2)15(8-11)25-17(27)10-26(34(3,30)31)16-9-12(20(22,23)24)5-7-14(16)21/h4-9H,10H2,1-3H3,(H,25,27). The number of sulfonamides is 1. The highest BCUT2D eigenvalue weighted by Gasteiger charge is 2.33. The van der Waals surface area contributed by atoms with E-state index in [0.29, 0.717) is 22.7 Å². The first kappa shape index (κ1) is 26.9. The number of hydrogen-bond acceptors (Lipinski definition) is 7. The van der Waals surface area contributed by atoms with Gasteiger partial charge < -0.3 is 14.8 Å². The predicted molar refractivity (Wildman–Crippen MR) is 116 cm³/mol. The Morgan fingerprint density at radius 1 is 1.03 bits per heavy atom. The summed E-state index contributed by atoms with van der Waals surface area (Å²) >= 11 is 5.93. The molecule has 14 heteroatoms. The summed E-state index contributed by atoms with van der Waals surface area (Å²) in [7, 11) is -2.11. The molecule has 0 atom stereocenters. The number of halogens is 4. The molecule has 0 aliphatic carbocycles. The SMILES string of the molecule is COC(=O)c1ccc(C(=O)OC)c(NC(=O)CN(c2cc(C(F)(F)F)ccc2Cl)S(C)(=O)=O)c1. The first-order chi connectivity index (χ1) is 15.7. The van der Waals surface area contributed by atoms with Gasteiger partial charge in [-0.25, -0.2) is 18.0 Å². The molecular formula is C20H18ClF3N2O7S. The van der Waals surface area contributed by atoms with Gasteiger partial charge in [0.1, 0.15) is 6.54 Å². The van der Waals surface area contributed by atoms with Gasteiger partial charge in [-0.1, -0.05) is 11.6 Å². The zero-order chi connectivity index (χ0) is 25.8. The Bertz CT molecular complexity index is 1230. The zero-order valence-corrected chi connectivity index (χ0v) is 19.5. The Morgan fingerprint density at radius 3 is 2.18 bits per heavy atom. The van der Waals surface area contributed by atoms with E-state index in [-0.39, 0.29) is 21.8 Å². The van der Waals surface area contributed by atoms with Crippen molar-refractivity contribution in [3.05, 3.63) is 58.1 Å². The lowest BCUT2D eigenvalue weighted by atomic mass is 10.1. The fourth-order valence-corrected chi connectivity index (χ4v) is 3.89. The lowest BCUT2D eigenvalue weighted by Gasteiger charge is -2.24. The van der Waals surface area contributed by atoms with Crippen LogP contribution in [0.25, 0.3) is 0 Å². The Labute approximate surface area is 197 Å². The number of hydrogen-bond donors (Lipinski definition) is 1. The second-order valence-corrected chi connectivity index (χ2v) is 9.04. The third-order valence-corrected chi connectivity index (χ3v) is 5.80. The highest BCUT2D eigenvalue weighted by Crippen LogP contribution is 2.36. The fraction of sp³-hybridized carbons (Fsp3) is 0.250. The summed E-state index contributed by atoms with van der Waals surface area (Å²) in [6.07, 6.45) is -4.12. The molecule has 0 unspecified atom stereocenters. The molecule has 2 rings (SSSR count). The third kappa shape index (κ3) is 6.38. The maximum atomic E-state index is 13.1. The van der Waals surface area contributed by atoms with Gasteiger partial charge >= 0.3 is 18.1 Å². The summed E-state index contributed by atoms with van der Waals surface area (Å²) in [4.78, 5) is 36.5. The van der Waals surface area contributed by atoms with Crippen LogP contribution in [0.2, 0.25) is 5.02 Å². The molecule has 1 amide bonds. The van der Waals surface area contributed by atoms with E-state index in [1.165, 1.54) is 12.1 Å². The topological polar surface area (TPSA) is 119 Å². The number of ether oxygens (including phenoxy) is 2. The zero-order valence-electron chi connectivity index (χ0n) is 17.9. The van der Waals surface area contributed by atoms with E-state index < -0.39 is 51.8 Å². The monoisotopic (exact) mass is 522 g/mol. The van der Waals surface area contributed by atoms with Crippen LogP contribution in [-0.2, 0) is 30.5 Å². The van der Waals surface area contributed by atoms with Gasteiger partial charge in [0.2, 0.25) is 15.9 Å². The lowest BCUT2D eigenvalue weighted by molar-refractivity contribution is -0.137. The number of nitrogens with one attached hydrogen (secondary N) is 1. The van der Waals surface area contributed by atoms with Crippen molar-refractivity contribution in [2.24, 2.45) is 0 Å². The molecule has 0 radical (unpaired) electrons. The molecule has 2 aromatic rings. The van der Waals surface area contributed by atoms with E-state index in [4.69, 9.17) is 11.6 Å². The maximum Gasteiger partial charge on any atom is 0.416 e. The van der Waals surface area contributed by atoms with E-state index in [0.717, 1.165) is 26.4 Å². The van der Waals surface area contributed by atoms with Crippen molar-refractivity contribution < 1.29 is 45.4 Å². The van der Waals surface area contributed by atoms with Crippen molar-refractivity contribution in [3.8, 4) is 0 Å². The molecule has 9 nitrogen and oxygen atoms in total. The number of alkyl halides is 3. The summed E-state index contributed by atoms with van der Waals surface area (Å²) in [5.74, 6) is -2.72. The molecule has 0 aliphatic rings. The van der Waals surface area contributed by atoms with Crippen LogP contribution in [-0.4, -0.2) is 53.3 Å². The number of anilines is 2. The van der Waals surface area contributed by atoms with Gasteiger partial charge in [-0.3, -0.25) is 9.10 Å².